The Labute approximate surface area is 106 Å². The number of nitrogens with two attached hydrogens (primary N) is 1. The summed E-state index contributed by atoms with van der Waals surface area (Å²) in [6, 6.07) is 1.81. The molecule has 0 aromatic heterocycles. The first-order chi connectivity index (χ1) is 8.08. The minimum Gasteiger partial charge on any atom is -0.326 e. The van der Waals surface area contributed by atoms with Crippen LogP contribution in [0.4, 0.5) is 0 Å². The van der Waals surface area contributed by atoms with E-state index < -0.39 is 0 Å². The molecular weight excluding hydrogens is 210 g/mol. The van der Waals surface area contributed by atoms with Gasteiger partial charge in [-0.3, -0.25) is 9.80 Å². The summed E-state index contributed by atoms with van der Waals surface area (Å²) in [5.74, 6) is 0.589. The highest BCUT2D eigenvalue weighted by molar-refractivity contribution is 4.90. The summed E-state index contributed by atoms with van der Waals surface area (Å²) in [6.45, 7) is 11.7. The van der Waals surface area contributed by atoms with Gasteiger partial charge in [-0.1, -0.05) is 20.3 Å². The minimum atomic E-state index is 0.326. The van der Waals surface area contributed by atoms with Crippen LogP contribution < -0.4 is 5.73 Å². The lowest BCUT2D eigenvalue weighted by Crippen LogP contribution is -2.60. The number of hydrogen-bond acceptors (Lipinski definition) is 3. The van der Waals surface area contributed by atoms with E-state index in [1.54, 1.807) is 0 Å². The van der Waals surface area contributed by atoms with Gasteiger partial charge in [0.25, 0.3) is 0 Å². The van der Waals surface area contributed by atoms with E-state index in [1.807, 2.05) is 0 Å². The van der Waals surface area contributed by atoms with Crippen molar-refractivity contribution in [3.8, 4) is 0 Å². The maximum atomic E-state index is 6.22. The van der Waals surface area contributed by atoms with Gasteiger partial charge in [-0.25, -0.2) is 0 Å². The van der Waals surface area contributed by atoms with Gasteiger partial charge >= 0.3 is 0 Å². The summed E-state index contributed by atoms with van der Waals surface area (Å²) in [4.78, 5) is 5.32. The topological polar surface area (TPSA) is 32.5 Å². The molecule has 3 atom stereocenters. The molecule has 2 rings (SSSR count). The monoisotopic (exact) mass is 239 g/mol. The predicted molar refractivity (Wildman–Crippen MR) is 73.1 cm³/mol. The SMILES string of the molecule is CC(C)[C@@H](N)CN1CC2CCCCN2CC1C. The van der Waals surface area contributed by atoms with Crippen molar-refractivity contribution in [2.75, 3.05) is 26.2 Å². The zero-order valence-electron chi connectivity index (χ0n) is 11.7. The van der Waals surface area contributed by atoms with Crippen LogP contribution in [0.1, 0.15) is 40.0 Å². The molecule has 0 radical (unpaired) electrons. The fraction of sp³-hybridized carbons (Fsp3) is 1.00. The van der Waals surface area contributed by atoms with Gasteiger partial charge in [-0.2, -0.15) is 0 Å². The van der Waals surface area contributed by atoms with Gasteiger partial charge in [0.1, 0.15) is 0 Å². The predicted octanol–water partition coefficient (Wildman–Crippen LogP) is 1.53. The molecule has 3 nitrogen and oxygen atoms in total. The van der Waals surface area contributed by atoms with Crippen LogP contribution in [0.3, 0.4) is 0 Å². The highest BCUT2D eigenvalue weighted by atomic mass is 15.3. The molecule has 2 heterocycles. The van der Waals surface area contributed by atoms with Gasteiger partial charge in [-0.15, -0.1) is 0 Å². The summed E-state index contributed by atoms with van der Waals surface area (Å²) < 4.78 is 0. The first-order valence-electron chi connectivity index (χ1n) is 7.31. The zero-order chi connectivity index (χ0) is 12.4. The second kappa shape index (κ2) is 5.68. The van der Waals surface area contributed by atoms with Crippen molar-refractivity contribution in [1.29, 1.82) is 0 Å². The Morgan fingerprint density at radius 1 is 1.24 bits per heavy atom. The molecule has 0 saturated carbocycles. The van der Waals surface area contributed by atoms with Crippen LogP contribution in [0.25, 0.3) is 0 Å². The average molecular weight is 239 g/mol. The normalized spacial score (nSPS) is 33.7. The van der Waals surface area contributed by atoms with Crippen molar-refractivity contribution >= 4 is 0 Å². The van der Waals surface area contributed by atoms with E-state index in [0.717, 1.165) is 12.6 Å². The van der Waals surface area contributed by atoms with E-state index >= 15 is 0 Å². The molecule has 3 heteroatoms. The Hall–Kier alpha value is -0.120. The van der Waals surface area contributed by atoms with Crippen LogP contribution in [-0.4, -0.2) is 54.1 Å². The number of rotatable bonds is 3. The zero-order valence-corrected chi connectivity index (χ0v) is 11.7. The summed E-state index contributed by atoms with van der Waals surface area (Å²) in [5, 5.41) is 0. The molecule has 0 aromatic carbocycles. The van der Waals surface area contributed by atoms with Gasteiger partial charge < -0.3 is 5.73 Å². The van der Waals surface area contributed by atoms with E-state index in [-0.39, 0.29) is 0 Å². The van der Waals surface area contributed by atoms with E-state index in [2.05, 4.69) is 30.6 Å². The summed E-state index contributed by atoms with van der Waals surface area (Å²) >= 11 is 0. The summed E-state index contributed by atoms with van der Waals surface area (Å²) in [7, 11) is 0. The lowest BCUT2D eigenvalue weighted by atomic mass is 9.96. The third-order valence-electron chi connectivity index (χ3n) is 4.62. The second-order valence-corrected chi connectivity index (χ2v) is 6.36. The molecule has 0 aromatic rings. The largest absolute Gasteiger partial charge is 0.326 e. The summed E-state index contributed by atoms with van der Waals surface area (Å²) in [5.41, 5.74) is 6.22. The smallest absolute Gasteiger partial charge is 0.0223 e. The molecule has 0 aliphatic carbocycles. The number of piperazine rings is 1. The summed E-state index contributed by atoms with van der Waals surface area (Å²) in [6.07, 6.45) is 4.20. The van der Waals surface area contributed by atoms with E-state index in [4.69, 9.17) is 5.73 Å². The maximum absolute atomic E-state index is 6.22. The van der Waals surface area contributed by atoms with Crippen LogP contribution in [0.5, 0.6) is 0 Å². The number of piperidine rings is 1. The number of fused-ring (bicyclic) bond motifs is 1. The van der Waals surface area contributed by atoms with Crippen LogP contribution in [0.15, 0.2) is 0 Å². The average Bonchev–Trinajstić information content (AvgIpc) is 2.29. The van der Waals surface area contributed by atoms with Crippen LogP contribution in [0, 0.1) is 5.92 Å². The fourth-order valence-electron chi connectivity index (χ4n) is 3.15. The van der Waals surface area contributed by atoms with Gasteiger partial charge in [0.2, 0.25) is 0 Å². The highest BCUT2D eigenvalue weighted by Gasteiger charge is 2.33. The molecule has 2 aliphatic heterocycles. The number of hydrogen-bond donors (Lipinski definition) is 1. The standard InChI is InChI=1S/C14H29N3/c1-11(2)14(15)10-17-9-13-6-4-5-7-16(13)8-12(17)3/h11-14H,4-10,15H2,1-3H3/t12?,13?,14-/m0/s1. The van der Waals surface area contributed by atoms with Crippen LogP contribution in [-0.2, 0) is 0 Å². The molecule has 0 bridgehead atoms. The van der Waals surface area contributed by atoms with Crippen molar-refractivity contribution in [2.24, 2.45) is 11.7 Å². The second-order valence-electron chi connectivity index (χ2n) is 6.36. The van der Waals surface area contributed by atoms with E-state index in [1.165, 1.54) is 38.9 Å². The Morgan fingerprint density at radius 3 is 2.71 bits per heavy atom. The Balaban J connectivity index is 1.90. The van der Waals surface area contributed by atoms with Crippen molar-refractivity contribution in [2.45, 2.75) is 58.2 Å². The van der Waals surface area contributed by atoms with Crippen LogP contribution >= 0.6 is 0 Å². The molecule has 2 fully saturated rings. The van der Waals surface area contributed by atoms with Gasteiger partial charge in [0.05, 0.1) is 0 Å². The quantitative estimate of drug-likeness (QED) is 0.810. The lowest BCUT2D eigenvalue weighted by molar-refractivity contribution is 0.0106. The Kier molecular flexibility index (Phi) is 4.45. The molecule has 2 saturated heterocycles. The first-order valence-corrected chi connectivity index (χ1v) is 7.31. The Bertz CT molecular complexity index is 242. The van der Waals surface area contributed by atoms with Crippen molar-refractivity contribution in [1.82, 2.24) is 9.80 Å². The van der Waals surface area contributed by atoms with E-state index in [9.17, 15) is 0 Å². The molecule has 17 heavy (non-hydrogen) atoms. The fourth-order valence-corrected chi connectivity index (χ4v) is 3.15. The maximum Gasteiger partial charge on any atom is 0.0223 e. The molecular formula is C14H29N3. The third kappa shape index (κ3) is 3.21. The molecule has 2 unspecified atom stereocenters. The van der Waals surface area contributed by atoms with Gasteiger partial charge in [0.15, 0.2) is 0 Å². The molecule has 2 N–H and O–H groups in total. The van der Waals surface area contributed by atoms with Crippen molar-refractivity contribution in [3.05, 3.63) is 0 Å². The molecule has 0 amide bonds. The molecule has 100 valence electrons. The highest BCUT2D eigenvalue weighted by Crippen LogP contribution is 2.24. The van der Waals surface area contributed by atoms with Gasteiger partial charge in [0, 0.05) is 37.8 Å². The third-order valence-corrected chi connectivity index (χ3v) is 4.62. The van der Waals surface area contributed by atoms with Crippen LogP contribution in [0.2, 0.25) is 0 Å². The molecule has 0 spiro atoms. The minimum absolute atomic E-state index is 0.326. The number of nitrogens with zero attached hydrogens (tertiary/aromatic N) is 2. The molecule has 2 aliphatic rings. The lowest BCUT2D eigenvalue weighted by Gasteiger charge is -2.48. The van der Waals surface area contributed by atoms with Crippen molar-refractivity contribution in [3.63, 3.8) is 0 Å². The van der Waals surface area contributed by atoms with E-state index in [0.29, 0.717) is 18.0 Å². The van der Waals surface area contributed by atoms with Crippen molar-refractivity contribution < 1.29 is 0 Å². The van der Waals surface area contributed by atoms with Gasteiger partial charge in [-0.05, 0) is 32.2 Å². The first kappa shape index (κ1) is 13.3. The Morgan fingerprint density at radius 2 is 2.00 bits per heavy atom.